The summed E-state index contributed by atoms with van der Waals surface area (Å²) in [6.45, 7) is 0.718. The normalized spacial score (nSPS) is 18.6. The van der Waals surface area contributed by atoms with Gasteiger partial charge in [0.2, 0.25) is 5.91 Å². The number of piperidine rings is 1. The number of aliphatic carboxylic acids is 1. The van der Waals surface area contributed by atoms with Crippen molar-refractivity contribution >= 4 is 23.6 Å². The van der Waals surface area contributed by atoms with Gasteiger partial charge in [0, 0.05) is 24.1 Å². The van der Waals surface area contributed by atoms with Crippen molar-refractivity contribution in [1.82, 2.24) is 4.90 Å². The van der Waals surface area contributed by atoms with Crippen molar-refractivity contribution in [2.24, 2.45) is 5.92 Å². The number of amides is 1. The summed E-state index contributed by atoms with van der Waals surface area (Å²) in [7, 11) is 0. The van der Waals surface area contributed by atoms with Crippen LogP contribution in [0.25, 0.3) is 0 Å². The Kier molecular flexibility index (Phi) is 5.17. The number of rotatable bonds is 4. The van der Waals surface area contributed by atoms with Crippen molar-refractivity contribution in [1.29, 1.82) is 0 Å². The average Bonchev–Trinajstić information content (AvgIpc) is 2.46. The first-order chi connectivity index (χ1) is 9.97. The highest BCUT2D eigenvalue weighted by atomic mass is 32.2. The van der Waals surface area contributed by atoms with Crippen LogP contribution in [0.2, 0.25) is 0 Å². The van der Waals surface area contributed by atoms with Crippen molar-refractivity contribution in [3.05, 3.63) is 29.8 Å². The zero-order chi connectivity index (χ0) is 15.4. The fraction of sp³-hybridized carbons (Fsp3) is 0.429. The number of nitrogens with zero attached hydrogens (tertiary/aromatic N) is 1. The van der Waals surface area contributed by atoms with Gasteiger partial charge in [0.25, 0.3) is 0 Å². The molecular weight excluding hydrogens is 300 g/mol. The summed E-state index contributed by atoms with van der Waals surface area (Å²) in [6, 6.07) is 3.20. The van der Waals surface area contributed by atoms with E-state index in [1.807, 2.05) is 0 Å². The smallest absolute Gasteiger partial charge is 0.308 e. The highest BCUT2D eigenvalue weighted by molar-refractivity contribution is 8.00. The molecule has 1 saturated heterocycles. The molecule has 0 aliphatic carbocycles. The van der Waals surface area contributed by atoms with Crippen molar-refractivity contribution in [2.75, 3.05) is 18.8 Å². The average molecular weight is 315 g/mol. The lowest BCUT2D eigenvalue weighted by Gasteiger charge is -2.30. The number of carbonyl (C=O) groups excluding carboxylic acids is 1. The topological polar surface area (TPSA) is 57.6 Å². The van der Waals surface area contributed by atoms with E-state index in [0.717, 1.165) is 23.9 Å². The standard InChI is InChI=1S/C14H15F2NO3S/c15-10-3-4-12(11(16)6-10)21-8-13(18)17-5-1-2-9(7-17)14(19)20/h3-4,6,9H,1-2,5,7-8H2,(H,19,20)/t9-/m0/s1. The number of hydrogen-bond acceptors (Lipinski definition) is 3. The van der Waals surface area contributed by atoms with Crippen LogP contribution in [0.15, 0.2) is 23.1 Å². The van der Waals surface area contributed by atoms with Crippen molar-refractivity contribution in [3.63, 3.8) is 0 Å². The molecule has 4 nitrogen and oxygen atoms in total. The van der Waals surface area contributed by atoms with Crippen LogP contribution in [0.4, 0.5) is 8.78 Å². The number of hydrogen-bond donors (Lipinski definition) is 1. The van der Waals surface area contributed by atoms with E-state index < -0.39 is 23.5 Å². The summed E-state index contributed by atoms with van der Waals surface area (Å²) in [5.41, 5.74) is 0. The lowest BCUT2D eigenvalue weighted by atomic mass is 9.98. The van der Waals surface area contributed by atoms with Crippen molar-refractivity contribution < 1.29 is 23.5 Å². The molecule has 21 heavy (non-hydrogen) atoms. The largest absolute Gasteiger partial charge is 0.481 e. The number of thioether (sulfide) groups is 1. The van der Waals surface area contributed by atoms with E-state index in [1.165, 1.54) is 11.0 Å². The zero-order valence-electron chi connectivity index (χ0n) is 11.2. The molecule has 0 spiro atoms. The Labute approximate surface area is 125 Å². The molecular formula is C14H15F2NO3S. The number of benzene rings is 1. The molecule has 1 N–H and O–H groups in total. The van der Waals surface area contributed by atoms with Gasteiger partial charge in [0.15, 0.2) is 0 Å². The van der Waals surface area contributed by atoms with Crippen LogP contribution >= 0.6 is 11.8 Å². The maximum Gasteiger partial charge on any atom is 0.308 e. The van der Waals surface area contributed by atoms with E-state index in [2.05, 4.69) is 0 Å². The van der Waals surface area contributed by atoms with Gasteiger partial charge < -0.3 is 10.0 Å². The van der Waals surface area contributed by atoms with Gasteiger partial charge in [0.05, 0.1) is 11.7 Å². The summed E-state index contributed by atoms with van der Waals surface area (Å²) in [5, 5.41) is 8.98. The molecule has 1 aliphatic heterocycles. The van der Waals surface area contributed by atoms with Crippen LogP contribution < -0.4 is 0 Å². The highest BCUT2D eigenvalue weighted by Gasteiger charge is 2.28. The summed E-state index contributed by atoms with van der Waals surface area (Å²) in [5.74, 6) is -3.01. The molecule has 1 heterocycles. The van der Waals surface area contributed by atoms with E-state index in [1.54, 1.807) is 0 Å². The summed E-state index contributed by atoms with van der Waals surface area (Å²) in [4.78, 5) is 24.7. The van der Waals surface area contributed by atoms with Crippen LogP contribution in [0.5, 0.6) is 0 Å². The van der Waals surface area contributed by atoms with Gasteiger partial charge in [-0.2, -0.15) is 0 Å². The van der Waals surface area contributed by atoms with Gasteiger partial charge in [-0.25, -0.2) is 8.78 Å². The van der Waals surface area contributed by atoms with Crippen LogP contribution in [0.3, 0.4) is 0 Å². The van der Waals surface area contributed by atoms with Crippen LogP contribution in [-0.4, -0.2) is 40.7 Å². The number of carboxylic acids is 1. The number of carboxylic acid groups (broad SMARTS) is 1. The molecule has 1 aromatic carbocycles. The maximum absolute atomic E-state index is 13.4. The molecule has 0 saturated carbocycles. The molecule has 0 unspecified atom stereocenters. The van der Waals surface area contributed by atoms with E-state index in [-0.39, 0.29) is 23.1 Å². The first-order valence-electron chi connectivity index (χ1n) is 6.56. The van der Waals surface area contributed by atoms with E-state index in [4.69, 9.17) is 5.11 Å². The molecule has 1 aromatic rings. The SMILES string of the molecule is O=C(O)[C@H]1CCCN(C(=O)CSc2ccc(F)cc2F)C1. The first-order valence-corrected chi connectivity index (χ1v) is 7.54. The predicted molar refractivity (Wildman–Crippen MR) is 74.0 cm³/mol. The third-order valence-electron chi connectivity index (χ3n) is 3.37. The predicted octanol–water partition coefficient (Wildman–Crippen LogP) is 2.38. The fourth-order valence-electron chi connectivity index (χ4n) is 2.23. The highest BCUT2D eigenvalue weighted by Crippen LogP contribution is 2.24. The summed E-state index contributed by atoms with van der Waals surface area (Å²) < 4.78 is 26.2. The van der Waals surface area contributed by atoms with Crippen molar-refractivity contribution in [2.45, 2.75) is 17.7 Å². The Morgan fingerprint density at radius 3 is 2.81 bits per heavy atom. The minimum absolute atomic E-state index is 0.00882. The number of likely N-dealkylation sites (tertiary alicyclic amines) is 1. The number of halogens is 2. The Bertz CT molecular complexity index is 553. The van der Waals surface area contributed by atoms with Gasteiger partial charge in [-0.1, -0.05) is 0 Å². The minimum atomic E-state index is -0.898. The second-order valence-corrected chi connectivity index (χ2v) is 5.90. The van der Waals surface area contributed by atoms with Gasteiger partial charge in [-0.3, -0.25) is 9.59 Å². The summed E-state index contributed by atoms with van der Waals surface area (Å²) in [6.07, 6.45) is 1.22. The second-order valence-electron chi connectivity index (χ2n) is 4.88. The van der Waals surface area contributed by atoms with E-state index in [9.17, 15) is 18.4 Å². The molecule has 2 rings (SSSR count). The second kappa shape index (κ2) is 6.89. The molecule has 7 heteroatoms. The van der Waals surface area contributed by atoms with Gasteiger partial charge >= 0.3 is 5.97 Å². The Hall–Kier alpha value is -1.63. The lowest BCUT2D eigenvalue weighted by molar-refractivity contribution is -0.145. The molecule has 0 bridgehead atoms. The molecule has 1 fully saturated rings. The maximum atomic E-state index is 13.4. The molecule has 0 radical (unpaired) electrons. The van der Waals surface area contributed by atoms with Crippen LogP contribution in [0, 0.1) is 17.6 Å². The van der Waals surface area contributed by atoms with Crippen LogP contribution in [0.1, 0.15) is 12.8 Å². The number of carbonyl (C=O) groups is 2. The van der Waals surface area contributed by atoms with E-state index in [0.29, 0.717) is 19.4 Å². The molecule has 0 aromatic heterocycles. The van der Waals surface area contributed by atoms with Gasteiger partial charge in [-0.15, -0.1) is 11.8 Å². The monoisotopic (exact) mass is 315 g/mol. The molecule has 1 aliphatic rings. The van der Waals surface area contributed by atoms with Gasteiger partial charge in [-0.05, 0) is 25.0 Å². The molecule has 114 valence electrons. The first kappa shape index (κ1) is 15.8. The quantitative estimate of drug-likeness (QED) is 0.867. The fourth-order valence-corrected chi connectivity index (χ4v) is 3.05. The molecule has 1 atom stereocenters. The third-order valence-corrected chi connectivity index (χ3v) is 4.40. The Morgan fingerprint density at radius 1 is 1.38 bits per heavy atom. The van der Waals surface area contributed by atoms with Crippen molar-refractivity contribution in [3.8, 4) is 0 Å². The summed E-state index contributed by atoms with van der Waals surface area (Å²) >= 11 is 0.987. The Morgan fingerprint density at radius 2 is 2.14 bits per heavy atom. The minimum Gasteiger partial charge on any atom is -0.481 e. The molecule has 1 amide bonds. The van der Waals surface area contributed by atoms with Crippen LogP contribution in [-0.2, 0) is 9.59 Å². The van der Waals surface area contributed by atoms with Gasteiger partial charge in [0.1, 0.15) is 11.6 Å². The Balaban J connectivity index is 1.90. The lowest BCUT2D eigenvalue weighted by Crippen LogP contribution is -2.43. The van der Waals surface area contributed by atoms with E-state index >= 15 is 0 Å². The zero-order valence-corrected chi connectivity index (χ0v) is 12.0. The third kappa shape index (κ3) is 4.17.